The van der Waals surface area contributed by atoms with Crippen molar-refractivity contribution in [3.63, 3.8) is 0 Å². The molecule has 0 amide bonds. The van der Waals surface area contributed by atoms with E-state index in [0.29, 0.717) is 18.2 Å². The van der Waals surface area contributed by atoms with Crippen LogP contribution in [0.5, 0.6) is 0 Å². The Balaban J connectivity index is 2.42. The van der Waals surface area contributed by atoms with Crippen molar-refractivity contribution in [3.8, 4) is 0 Å². The molecule has 0 spiro atoms. The molecule has 1 unspecified atom stereocenters. The molecule has 0 saturated carbocycles. The maximum absolute atomic E-state index is 13.5. The van der Waals surface area contributed by atoms with E-state index in [1.165, 1.54) is 6.07 Å². The van der Waals surface area contributed by atoms with Gasteiger partial charge in [-0.3, -0.25) is 0 Å². The van der Waals surface area contributed by atoms with E-state index < -0.39 is 0 Å². The number of rotatable bonds is 6. The number of hydrogen-bond acceptors (Lipinski definition) is 2. The molecular weight excluding hydrogens is 271 g/mol. The molecule has 0 fully saturated rings. The second-order valence-electron chi connectivity index (χ2n) is 3.83. The molecule has 1 rings (SSSR count). The van der Waals surface area contributed by atoms with Gasteiger partial charge < -0.3 is 10.6 Å². The van der Waals surface area contributed by atoms with Gasteiger partial charge in [0.25, 0.3) is 0 Å². The largest absolute Gasteiger partial charge is 0.315 e. The Hall–Kier alpha value is -0.450. The van der Waals surface area contributed by atoms with Crippen LogP contribution in [0.4, 0.5) is 4.39 Å². The Labute approximate surface area is 105 Å². The van der Waals surface area contributed by atoms with Crippen LogP contribution in [0.2, 0.25) is 0 Å². The standard InChI is InChI=1S/C12H18BrFN2/c1-3-15-7-9(2)16-8-10-4-5-11(13)6-12(10)14/h4-6,9,15-16H,3,7-8H2,1-2H3. The third-order valence-electron chi connectivity index (χ3n) is 2.36. The summed E-state index contributed by atoms with van der Waals surface area (Å²) < 4.78 is 14.2. The van der Waals surface area contributed by atoms with E-state index in [1.54, 1.807) is 6.07 Å². The summed E-state index contributed by atoms with van der Waals surface area (Å²) in [6, 6.07) is 5.48. The number of benzene rings is 1. The van der Waals surface area contributed by atoms with Crippen molar-refractivity contribution >= 4 is 15.9 Å². The first-order valence-corrected chi connectivity index (χ1v) is 6.30. The minimum absolute atomic E-state index is 0.169. The summed E-state index contributed by atoms with van der Waals surface area (Å²) in [7, 11) is 0. The maximum Gasteiger partial charge on any atom is 0.128 e. The quantitative estimate of drug-likeness (QED) is 0.841. The Morgan fingerprint density at radius 1 is 1.44 bits per heavy atom. The van der Waals surface area contributed by atoms with E-state index in [0.717, 1.165) is 17.6 Å². The molecule has 2 N–H and O–H groups in total. The fourth-order valence-corrected chi connectivity index (χ4v) is 1.72. The van der Waals surface area contributed by atoms with Crippen LogP contribution in [0.25, 0.3) is 0 Å². The molecule has 0 aliphatic rings. The summed E-state index contributed by atoms with van der Waals surface area (Å²) in [6.45, 7) is 6.57. The molecule has 0 aliphatic carbocycles. The highest BCUT2D eigenvalue weighted by Crippen LogP contribution is 2.15. The molecule has 16 heavy (non-hydrogen) atoms. The van der Waals surface area contributed by atoms with Gasteiger partial charge in [0, 0.05) is 29.2 Å². The topological polar surface area (TPSA) is 24.1 Å². The molecule has 1 aromatic carbocycles. The highest BCUT2D eigenvalue weighted by atomic mass is 79.9. The van der Waals surface area contributed by atoms with E-state index in [4.69, 9.17) is 0 Å². The molecule has 0 bridgehead atoms. The fourth-order valence-electron chi connectivity index (χ4n) is 1.38. The zero-order valence-corrected chi connectivity index (χ0v) is 11.3. The molecular formula is C12H18BrFN2. The molecule has 0 radical (unpaired) electrons. The molecule has 90 valence electrons. The summed E-state index contributed by atoms with van der Waals surface area (Å²) in [4.78, 5) is 0. The molecule has 1 aromatic rings. The smallest absolute Gasteiger partial charge is 0.128 e. The maximum atomic E-state index is 13.5. The summed E-state index contributed by atoms with van der Waals surface area (Å²) in [5.41, 5.74) is 0.701. The first-order valence-electron chi connectivity index (χ1n) is 5.51. The van der Waals surface area contributed by atoms with Gasteiger partial charge in [-0.15, -0.1) is 0 Å². The van der Waals surface area contributed by atoms with E-state index in [-0.39, 0.29) is 5.82 Å². The summed E-state index contributed by atoms with van der Waals surface area (Å²) in [5, 5.41) is 6.52. The lowest BCUT2D eigenvalue weighted by Gasteiger charge is -2.14. The Morgan fingerprint density at radius 3 is 2.81 bits per heavy atom. The SMILES string of the molecule is CCNCC(C)NCc1ccc(Br)cc1F. The highest BCUT2D eigenvalue weighted by Gasteiger charge is 2.04. The summed E-state index contributed by atoms with van der Waals surface area (Å²) in [6.07, 6.45) is 0. The lowest BCUT2D eigenvalue weighted by atomic mass is 10.2. The summed E-state index contributed by atoms with van der Waals surface area (Å²) >= 11 is 3.24. The highest BCUT2D eigenvalue weighted by molar-refractivity contribution is 9.10. The fraction of sp³-hybridized carbons (Fsp3) is 0.500. The van der Waals surface area contributed by atoms with E-state index >= 15 is 0 Å². The van der Waals surface area contributed by atoms with Crippen molar-refractivity contribution < 1.29 is 4.39 Å². The Kier molecular flexibility index (Phi) is 5.95. The van der Waals surface area contributed by atoms with Crippen LogP contribution in [-0.2, 0) is 6.54 Å². The van der Waals surface area contributed by atoms with Gasteiger partial charge >= 0.3 is 0 Å². The molecule has 4 heteroatoms. The predicted molar refractivity (Wildman–Crippen MR) is 68.9 cm³/mol. The minimum atomic E-state index is -0.169. The van der Waals surface area contributed by atoms with Gasteiger partial charge in [0.2, 0.25) is 0 Å². The van der Waals surface area contributed by atoms with Crippen molar-refractivity contribution in [2.45, 2.75) is 26.4 Å². The molecule has 0 heterocycles. The Morgan fingerprint density at radius 2 is 2.19 bits per heavy atom. The van der Waals surface area contributed by atoms with Crippen molar-refractivity contribution in [3.05, 3.63) is 34.1 Å². The monoisotopic (exact) mass is 288 g/mol. The van der Waals surface area contributed by atoms with Gasteiger partial charge in [-0.1, -0.05) is 28.9 Å². The average molecular weight is 289 g/mol. The second-order valence-corrected chi connectivity index (χ2v) is 4.74. The van der Waals surface area contributed by atoms with Crippen LogP contribution in [-0.4, -0.2) is 19.1 Å². The zero-order chi connectivity index (χ0) is 12.0. The van der Waals surface area contributed by atoms with Crippen LogP contribution in [0.15, 0.2) is 22.7 Å². The van der Waals surface area contributed by atoms with Gasteiger partial charge in [-0.2, -0.15) is 0 Å². The van der Waals surface area contributed by atoms with Crippen molar-refractivity contribution in [2.75, 3.05) is 13.1 Å². The van der Waals surface area contributed by atoms with Gasteiger partial charge in [0.1, 0.15) is 5.82 Å². The first kappa shape index (κ1) is 13.6. The second kappa shape index (κ2) is 6.99. The molecule has 0 aromatic heterocycles. The van der Waals surface area contributed by atoms with Gasteiger partial charge in [0.05, 0.1) is 0 Å². The van der Waals surface area contributed by atoms with Crippen molar-refractivity contribution in [2.24, 2.45) is 0 Å². The Bertz CT molecular complexity index is 331. The van der Waals surface area contributed by atoms with E-state index in [2.05, 4.69) is 40.4 Å². The van der Waals surface area contributed by atoms with Gasteiger partial charge in [-0.05, 0) is 25.6 Å². The summed E-state index contributed by atoms with van der Waals surface area (Å²) in [5.74, 6) is -0.169. The lowest BCUT2D eigenvalue weighted by Crippen LogP contribution is -2.35. The minimum Gasteiger partial charge on any atom is -0.315 e. The van der Waals surface area contributed by atoms with Gasteiger partial charge in [0.15, 0.2) is 0 Å². The van der Waals surface area contributed by atoms with Crippen LogP contribution in [0.3, 0.4) is 0 Å². The third kappa shape index (κ3) is 4.60. The van der Waals surface area contributed by atoms with Crippen molar-refractivity contribution in [1.29, 1.82) is 0 Å². The molecule has 0 saturated heterocycles. The van der Waals surface area contributed by atoms with Crippen molar-refractivity contribution in [1.82, 2.24) is 10.6 Å². The third-order valence-corrected chi connectivity index (χ3v) is 2.85. The molecule has 1 atom stereocenters. The predicted octanol–water partition coefficient (Wildman–Crippen LogP) is 2.68. The lowest BCUT2D eigenvalue weighted by molar-refractivity contribution is 0.498. The molecule has 0 aliphatic heterocycles. The number of likely N-dealkylation sites (N-methyl/N-ethyl adjacent to an activating group) is 1. The van der Waals surface area contributed by atoms with E-state index in [9.17, 15) is 4.39 Å². The van der Waals surface area contributed by atoms with Crippen LogP contribution in [0, 0.1) is 5.82 Å². The van der Waals surface area contributed by atoms with Gasteiger partial charge in [-0.25, -0.2) is 4.39 Å². The average Bonchev–Trinajstić information content (AvgIpc) is 2.25. The first-order chi connectivity index (χ1) is 7.63. The van der Waals surface area contributed by atoms with Crippen LogP contribution < -0.4 is 10.6 Å². The van der Waals surface area contributed by atoms with Crippen LogP contribution in [0.1, 0.15) is 19.4 Å². The van der Waals surface area contributed by atoms with Crippen LogP contribution >= 0.6 is 15.9 Å². The normalized spacial score (nSPS) is 12.8. The zero-order valence-electron chi connectivity index (χ0n) is 9.69. The molecule has 2 nitrogen and oxygen atoms in total. The van der Waals surface area contributed by atoms with E-state index in [1.807, 2.05) is 6.07 Å². The number of halogens is 2. The number of nitrogens with one attached hydrogen (secondary N) is 2. The number of hydrogen-bond donors (Lipinski definition) is 2.